The normalized spacial score (nSPS) is 10.6. The van der Waals surface area contributed by atoms with Crippen LogP contribution in [0.5, 0.6) is 0 Å². The number of carbonyl (C=O) groups is 1. The Hall–Kier alpha value is -1.23. The number of carbonyl (C=O) groups excluding carboxylic acids is 1. The molecule has 0 saturated heterocycles. The van der Waals surface area contributed by atoms with Gasteiger partial charge in [0, 0.05) is 6.20 Å². The van der Waals surface area contributed by atoms with Crippen molar-refractivity contribution in [3.63, 3.8) is 0 Å². The van der Waals surface area contributed by atoms with Crippen LogP contribution in [0.25, 0.3) is 0 Å². The van der Waals surface area contributed by atoms with Crippen LogP contribution in [-0.2, 0) is 16.0 Å². The molecule has 0 radical (unpaired) electrons. The summed E-state index contributed by atoms with van der Waals surface area (Å²) >= 11 is 5.75. The standard InChI is InChI=1S/C10H10ClF2NO2/c1-5-7(3-8(15)16-2)14-4-6(9(5)11)10(12)13/h4,10H,3H2,1-2H3. The van der Waals surface area contributed by atoms with Crippen molar-refractivity contribution in [2.75, 3.05) is 7.11 Å². The lowest BCUT2D eigenvalue weighted by molar-refractivity contribution is -0.139. The molecule has 0 unspecified atom stereocenters. The number of hydrogen-bond acceptors (Lipinski definition) is 3. The van der Waals surface area contributed by atoms with E-state index < -0.39 is 12.4 Å². The molecule has 0 bridgehead atoms. The van der Waals surface area contributed by atoms with E-state index in [1.165, 1.54) is 7.11 Å². The first-order valence-electron chi connectivity index (χ1n) is 4.46. The van der Waals surface area contributed by atoms with Gasteiger partial charge in [0.1, 0.15) is 0 Å². The molecular weight excluding hydrogens is 240 g/mol. The van der Waals surface area contributed by atoms with E-state index in [-0.39, 0.29) is 17.0 Å². The SMILES string of the molecule is COC(=O)Cc1ncc(C(F)F)c(Cl)c1C. The van der Waals surface area contributed by atoms with Crippen molar-refractivity contribution in [1.82, 2.24) is 4.98 Å². The molecule has 0 N–H and O–H groups in total. The highest BCUT2D eigenvalue weighted by Crippen LogP contribution is 2.30. The Morgan fingerprint density at radius 3 is 2.75 bits per heavy atom. The fraction of sp³-hybridized carbons (Fsp3) is 0.400. The zero-order valence-corrected chi connectivity index (χ0v) is 9.52. The maximum Gasteiger partial charge on any atom is 0.311 e. The van der Waals surface area contributed by atoms with Crippen LogP contribution in [-0.4, -0.2) is 18.1 Å². The van der Waals surface area contributed by atoms with Gasteiger partial charge in [-0.1, -0.05) is 11.6 Å². The molecule has 0 aliphatic rings. The van der Waals surface area contributed by atoms with Gasteiger partial charge in [0.15, 0.2) is 0 Å². The number of alkyl halides is 2. The van der Waals surface area contributed by atoms with Crippen molar-refractivity contribution in [2.24, 2.45) is 0 Å². The molecular formula is C10H10ClF2NO2. The molecule has 3 nitrogen and oxygen atoms in total. The van der Waals surface area contributed by atoms with E-state index in [1.807, 2.05) is 0 Å². The molecule has 0 aromatic carbocycles. The Labute approximate surface area is 96.4 Å². The Bertz CT molecular complexity index is 410. The van der Waals surface area contributed by atoms with Crippen LogP contribution in [0.15, 0.2) is 6.20 Å². The topological polar surface area (TPSA) is 39.2 Å². The fourth-order valence-electron chi connectivity index (χ4n) is 1.18. The summed E-state index contributed by atoms with van der Waals surface area (Å²) in [5.74, 6) is -0.489. The van der Waals surface area contributed by atoms with E-state index in [9.17, 15) is 13.6 Å². The van der Waals surface area contributed by atoms with Crippen molar-refractivity contribution in [1.29, 1.82) is 0 Å². The zero-order valence-electron chi connectivity index (χ0n) is 8.76. The number of pyridine rings is 1. The molecule has 1 rings (SSSR count). The third-order valence-corrected chi connectivity index (χ3v) is 2.65. The summed E-state index contributed by atoms with van der Waals surface area (Å²) in [6, 6.07) is 0. The summed E-state index contributed by atoms with van der Waals surface area (Å²) in [5.41, 5.74) is 0.402. The average molecular weight is 250 g/mol. The van der Waals surface area contributed by atoms with Gasteiger partial charge < -0.3 is 4.74 Å². The molecule has 1 aromatic rings. The first-order chi connectivity index (χ1) is 7.47. The predicted octanol–water partition coefficient (Wildman–Crippen LogP) is 2.70. The van der Waals surface area contributed by atoms with Crippen molar-refractivity contribution >= 4 is 17.6 Å². The van der Waals surface area contributed by atoms with E-state index in [0.29, 0.717) is 11.3 Å². The van der Waals surface area contributed by atoms with E-state index in [4.69, 9.17) is 11.6 Å². The molecule has 0 aliphatic carbocycles. The van der Waals surface area contributed by atoms with Gasteiger partial charge in [0.25, 0.3) is 6.43 Å². The minimum Gasteiger partial charge on any atom is -0.469 e. The highest BCUT2D eigenvalue weighted by molar-refractivity contribution is 6.32. The lowest BCUT2D eigenvalue weighted by Crippen LogP contribution is -2.08. The lowest BCUT2D eigenvalue weighted by Gasteiger charge is -2.09. The van der Waals surface area contributed by atoms with Crippen molar-refractivity contribution in [2.45, 2.75) is 19.8 Å². The summed E-state index contributed by atoms with van der Waals surface area (Å²) in [4.78, 5) is 14.8. The van der Waals surface area contributed by atoms with Gasteiger partial charge >= 0.3 is 5.97 Å². The summed E-state index contributed by atoms with van der Waals surface area (Å²) in [7, 11) is 1.24. The molecule has 88 valence electrons. The van der Waals surface area contributed by atoms with Crippen LogP contribution in [0.1, 0.15) is 23.2 Å². The number of aromatic nitrogens is 1. The maximum atomic E-state index is 12.5. The third-order valence-electron chi connectivity index (χ3n) is 2.15. The summed E-state index contributed by atoms with van der Waals surface area (Å²) in [6.07, 6.45) is -1.77. The predicted molar refractivity (Wildman–Crippen MR) is 54.7 cm³/mol. The van der Waals surface area contributed by atoms with Gasteiger partial charge in [-0.3, -0.25) is 9.78 Å². The van der Waals surface area contributed by atoms with Gasteiger partial charge in [-0.15, -0.1) is 0 Å². The Morgan fingerprint density at radius 2 is 2.25 bits per heavy atom. The monoisotopic (exact) mass is 249 g/mol. The molecule has 0 spiro atoms. The molecule has 0 atom stereocenters. The van der Waals surface area contributed by atoms with Gasteiger partial charge in [0.05, 0.1) is 29.8 Å². The molecule has 0 saturated carbocycles. The number of nitrogens with zero attached hydrogens (tertiary/aromatic N) is 1. The fourth-order valence-corrected chi connectivity index (χ4v) is 1.42. The van der Waals surface area contributed by atoms with Crippen molar-refractivity contribution in [3.05, 3.63) is 28.0 Å². The molecule has 1 heterocycles. The van der Waals surface area contributed by atoms with Gasteiger partial charge in [-0.2, -0.15) is 0 Å². The second kappa shape index (κ2) is 5.21. The van der Waals surface area contributed by atoms with E-state index in [0.717, 1.165) is 6.20 Å². The number of halogens is 3. The maximum absolute atomic E-state index is 12.5. The minimum atomic E-state index is -2.68. The van der Waals surface area contributed by atoms with Crippen LogP contribution in [0.3, 0.4) is 0 Å². The highest BCUT2D eigenvalue weighted by atomic mass is 35.5. The second-order valence-corrected chi connectivity index (χ2v) is 3.53. The largest absolute Gasteiger partial charge is 0.469 e. The molecule has 0 fully saturated rings. The Kier molecular flexibility index (Phi) is 4.18. The molecule has 0 aliphatic heterocycles. The van der Waals surface area contributed by atoms with Crippen LogP contribution in [0, 0.1) is 6.92 Å². The summed E-state index contributed by atoms with van der Waals surface area (Å²) < 4.78 is 29.4. The first kappa shape index (κ1) is 12.8. The molecule has 1 aromatic heterocycles. The quantitative estimate of drug-likeness (QED) is 0.773. The van der Waals surface area contributed by atoms with Gasteiger partial charge in [-0.25, -0.2) is 8.78 Å². The lowest BCUT2D eigenvalue weighted by atomic mass is 10.1. The van der Waals surface area contributed by atoms with Crippen LogP contribution in [0.4, 0.5) is 8.78 Å². The Balaban J connectivity index is 3.07. The molecule has 0 amide bonds. The van der Waals surface area contributed by atoms with Crippen molar-refractivity contribution < 1.29 is 18.3 Å². The van der Waals surface area contributed by atoms with Gasteiger partial charge in [-0.05, 0) is 12.5 Å². The average Bonchev–Trinajstić information content (AvgIpc) is 2.24. The third kappa shape index (κ3) is 2.66. The first-order valence-corrected chi connectivity index (χ1v) is 4.84. The van der Waals surface area contributed by atoms with E-state index >= 15 is 0 Å². The molecule has 16 heavy (non-hydrogen) atoms. The van der Waals surface area contributed by atoms with Crippen molar-refractivity contribution in [3.8, 4) is 0 Å². The minimum absolute atomic E-state index is 0.0519. The number of ether oxygens (including phenoxy) is 1. The number of hydrogen-bond donors (Lipinski definition) is 0. The van der Waals surface area contributed by atoms with E-state index in [2.05, 4.69) is 9.72 Å². The van der Waals surface area contributed by atoms with E-state index in [1.54, 1.807) is 6.92 Å². The second-order valence-electron chi connectivity index (χ2n) is 3.15. The summed E-state index contributed by atoms with van der Waals surface area (Å²) in [5, 5.41) is -0.0519. The molecule has 6 heteroatoms. The zero-order chi connectivity index (χ0) is 12.3. The van der Waals surface area contributed by atoms with Gasteiger partial charge in [0.2, 0.25) is 0 Å². The smallest absolute Gasteiger partial charge is 0.311 e. The van der Waals surface area contributed by atoms with Crippen LogP contribution >= 0.6 is 11.6 Å². The van der Waals surface area contributed by atoms with Crippen LogP contribution < -0.4 is 0 Å². The highest BCUT2D eigenvalue weighted by Gasteiger charge is 2.18. The number of esters is 1. The number of rotatable bonds is 3. The van der Waals surface area contributed by atoms with Crippen LogP contribution in [0.2, 0.25) is 5.02 Å². The Morgan fingerprint density at radius 1 is 1.62 bits per heavy atom. The summed E-state index contributed by atoms with van der Waals surface area (Å²) in [6.45, 7) is 1.54. The number of methoxy groups -OCH3 is 1.